The molecule has 1 aromatic heterocycles. The first kappa shape index (κ1) is 14.6. The number of ketones is 1. The van der Waals surface area contributed by atoms with Crippen LogP contribution in [0.4, 0.5) is 4.79 Å². The predicted octanol–water partition coefficient (Wildman–Crippen LogP) is 2.63. The number of amides is 1. The number of carbonyl (C=O) groups is 2. The lowest BCUT2D eigenvalue weighted by atomic mass is 10.1. The molecule has 0 unspecified atom stereocenters. The Morgan fingerprint density at radius 3 is 2.61 bits per heavy atom. The third-order valence-corrected chi connectivity index (χ3v) is 2.86. The van der Waals surface area contributed by atoms with Crippen molar-refractivity contribution in [1.29, 1.82) is 0 Å². The van der Waals surface area contributed by atoms with E-state index in [1.165, 1.54) is 0 Å². The van der Waals surface area contributed by atoms with Crippen LogP contribution in [0.15, 0.2) is 12.3 Å². The van der Waals surface area contributed by atoms with Crippen LogP contribution in [-0.4, -0.2) is 27.9 Å². The van der Waals surface area contributed by atoms with Gasteiger partial charge in [0.1, 0.15) is 5.60 Å². The predicted molar refractivity (Wildman–Crippen MR) is 69.9 cm³/mol. The summed E-state index contributed by atoms with van der Waals surface area (Å²) in [6.45, 7) is 7.16. The van der Waals surface area contributed by atoms with Crippen LogP contribution in [0.5, 0.6) is 0 Å². The monoisotopic (exact) mass is 270 g/mol. The second-order valence-electron chi connectivity index (χ2n) is 4.85. The Morgan fingerprint density at radius 1 is 1.50 bits per heavy atom. The van der Waals surface area contributed by atoms with Crippen molar-refractivity contribution in [2.45, 2.75) is 45.8 Å². The number of alkyl carbamates (subject to hydrolysis) is 1. The summed E-state index contributed by atoms with van der Waals surface area (Å²) in [5, 5.41) is 2.58. The number of Topliss-reactive ketones (excluding diaryl/α,β-unsaturated/α-hetero) is 1. The van der Waals surface area contributed by atoms with Crippen LogP contribution in [-0.2, 0) is 4.74 Å². The number of carbonyl (C=O) groups excluding carboxylic acids is 2. The van der Waals surface area contributed by atoms with Crippen LogP contribution in [0.3, 0.4) is 0 Å². The maximum atomic E-state index is 12.0. The average molecular weight is 270 g/mol. The second kappa shape index (κ2) is 5.95. The van der Waals surface area contributed by atoms with E-state index in [1.54, 1.807) is 33.0 Å². The first-order valence-corrected chi connectivity index (χ1v) is 6.55. The minimum Gasteiger partial charge on any atom is -0.444 e. The minimum atomic E-state index is -0.577. The lowest BCUT2D eigenvalue weighted by Crippen LogP contribution is -2.42. The summed E-state index contributed by atoms with van der Waals surface area (Å²) < 4.78 is 9.00. The van der Waals surface area contributed by atoms with Gasteiger partial charge >= 0.3 is 6.09 Å². The van der Waals surface area contributed by atoms with E-state index in [9.17, 15) is 9.59 Å². The fourth-order valence-electron chi connectivity index (χ4n) is 1.32. The van der Waals surface area contributed by atoms with Crippen molar-refractivity contribution in [2.75, 3.05) is 0 Å². The average Bonchev–Trinajstić information content (AvgIpc) is 2.75. The smallest absolute Gasteiger partial charge is 0.408 e. The van der Waals surface area contributed by atoms with Crippen LogP contribution >= 0.6 is 11.5 Å². The quantitative estimate of drug-likeness (QED) is 0.854. The van der Waals surface area contributed by atoms with Gasteiger partial charge < -0.3 is 10.1 Å². The number of nitrogens with zero attached hydrogens (tertiary/aromatic N) is 1. The molecule has 0 aromatic carbocycles. The number of hydrogen-bond donors (Lipinski definition) is 1. The van der Waals surface area contributed by atoms with Crippen LogP contribution in [0, 0.1) is 0 Å². The summed E-state index contributed by atoms with van der Waals surface area (Å²) in [5.74, 6) is -0.133. The Kier molecular flexibility index (Phi) is 4.84. The van der Waals surface area contributed by atoms with Gasteiger partial charge in [0, 0.05) is 6.20 Å². The highest BCUT2D eigenvalue weighted by molar-refractivity contribution is 7.08. The van der Waals surface area contributed by atoms with Crippen molar-refractivity contribution in [3.8, 4) is 0 Å². The summed E-state index contributed by atoms with van der Waals surface area (Å²) >= 11 is 1.12. The largest absolute Gasteiger partial charge is 0.444 e. The van der Waals surface area contributed by atoms with Gasteiger partial charge in [-0.1, -0.05) is 6.92 Å². The molecule has 1 atom stereocenters. The minimum absolute atomic E-state index is 0.133. The third-order valence-electron chi connectivity index (χ3n) is 2.10. The van der Waals surface area contributed by atoms with Gasteiger partial charge in [-0.15, -0.1) is 0 Å². The fraction of sp³-hybridized carbons (Fsp3) is 0.583. The van der Waals surface area contributed by atoms with Crippen molar-refractivity contribution in [2.24, 2.45) is 0 Å². The first-order valence-electron chi connectivity index (χ1n) is 5.78. The van der Waals surface area contributed by atoms with Gasteiger partial charge in [-0.25, -0.2) is 9.17 Å². The van der Waals surface area contributed by atoms with Crippen molar-refractivity contribution in [1.82, 2.24) is 9.69 Å². The fourth-order valence-corrected chi connectivity index (χ4v) is 1.91. The Morgan fingerprint density at radius 2 is 2.17 bits per heavy atom. The van der Waals surface area contributed by atoms with E-state index in [0.29, 0.717) is 11.3 Å². The molecule has 0 aliphatic heterocycles. The maximum absolute atomic E-state index is 12.0. The zero-order valence-electron chi connectivity index (χ0n) is 11.0. The summed E-state index contributed by atoms with van der Waals surface area (Å²) in [7, 11) is 0. The van der Waals surface area contributed by atoms with Gasteiger partial charge in [-0.3, -0.25) is 4.79 Å². The summed E-state index contributed by atoms with van der Waals surface area (Å²) in [6.07, 6.45) is 1.50. The first-order chi connectivity index (χ1) is 8.33. The zero-order valence-corrected chi connectivity index (χ0v) is 11.8. The number of rotatable bonds is 4. The molecule has 1 amide bonds. The summed E-state index contributed by atoms with van der Waals surface area (Å²) in [5.41, 5.74) is -0.574. The highest BCUT2D eigenvalue weighted by atomic mass is 32.1. The molecule has 0 bridgehead atoms. The van der Waals surface area contributed by atoms with E-state index < -0.39 is 17.7 Å². The van der Waals surface area contributed by atoms with Crippen LogP contribution in [0.25, 0.3) is 0 Å². The van der Waals surface area contributed by atoms with E-state index in [2.05, 4.69) is 9.69 Å². The molecule has 100 valence electrons. The molecule has 0 radical (unpaired) electrons. The van der Waals surface area contributed by atoms with Gasteiger partial charge in [0.15, 0.2) is 5.78 Å². The number of hydrogen-bond acceptors (Lipinski definition) is 5. The second-order valence-corrected chi connectivity index (χ2v) is 5.68. The summed E-state index contributed by atoms with van der Waals surface area (Å²) in [6, 6.07) is 1.08. The molecule has 0 spiro atoms. The number of nitrogens with one attached hydrogen (secondary N) is 1. The number of ether oxygens (including phenoxy) is 1. The summed E-state index contributed by atoms with van der Waals surface area (Å²) in [4.78, 5) is 24.2. The van der Waals surface area contributed by atoms with E-state index in [4.69, 9.17) is 4.74 Å². The Bertz CT molecular complexity index is 409. The van der Waals surface area contributed by atoms with Gasteiger partial charge in [0.25, 0.3) is 0 Å². The molecule has 1 heterocycles. The maximum Gasteiger partial charge on any atom is 0.408 e. The zero-order chi connectivity index (χ0) is 13.8. The molecule has 0 aliphatic carbocycles. The molecule has 1 N–H and O–H groups in total. The molecule has 0 saturated carbocycles. The number of aromatic nitrogens is 1. The van der Waals surface area contributed by atoms with Crippen molar-refractivity contribution < 1.29 is 14.3 Å². The van der Waals surface area contributed by atoms with Crippen molar-refractivity contribution in [3.05, 3.63) is 17.1 Å². The topological polar surface area (TPSA) is 68.3 Å². The van der Waals surface area contributed by atoms with E-state index >= 15 is 0 Å². The highest BCUT2D eigenvalue weighted by Gasteiger charge is 2.24. The normalized spacial score (nSPS) is 12.9. The van der Waals surface area contributed by atoms with Crippen molar-refractivity contribution >= 4 is 23.4 Å². The Hall–Kier alpha value is -1.43. The molecule has 0 aliphatic rings. The molecule has 0 saturated heterocycles. The molecule has 0 fully saturated rings. The van der Waals surface area contributed by atoms with Crippen LogP contribution in [0.1, 0.15) is 43.8 Å². The molecule has 18 heavy (non-hydrogen) atoms. The molecular weight excluding hydrogens is 252 g/mol. The van der Waals surface area contributed by atoms with Gasteiger partial charge in [-0.05, 0) is 44.8 Å². The molecule has 1 aromatic rings. The molecular formula is C12H18N2O3S. The Labute approximate surface area is 111 Å². The van der Waals surface area contributed by atoms with Crippen LogP contribution < -0.4 is 5.32 Å². The highest BCUT2D eigenvalue weighted by Crippen LogP contribution is 2.12. The van der Waals surface area contributed by atoms with Gasteiger partial charge in [0.05, 0.1) is 10.9 Å². The Balaban J connectivity index is 2.63. The van der Waals surface area contributed by atoms with Gasteiger partial charge in [-0.2, -0.15) is 0 Å². The lowest BCUT2D eigenvalue weighted by Gasteiger charge is -2.22. The van der Waals surface area contributed by atoms with E-state index in [-0.39, 0.29) is 5.78 Å². The third kappa shape index (κ3) is 4.44. The van der Waals surface area contributed by atoms with E-state index in [0.717, 1.165) is 11.5 Å². The SMILES string of the molecule is CC[C@@H](NC(=O)OC(C)(C)C)C(=O)c1ccns1. The van der Waals surface area contributed by atoms with Gasteiger partial charge in [0.2, 0.25) is 0 Å². The van der Waals surface area contributed by atoms with Crippen molar-refractivity contribution in [3.63, 3.8) is 0 Å². The van der Waals surface area contributed by atoms with Crippen LogP contribution in [0.2, 0.25) is 0 Å². The molecule has 6 heteroatoms. The molecule has 1 rings (SSSR count). The standard InChI is InChI=1S/C12H18N2O3S/c1-5-8(10(15)9-6-7-13-18-9)14-11(16)17-12(2,3)4/h6-8H,5H2,1-4H3,(H,14,16)/t8-/m1/s1. The lowest BCUT2D eigenvalue weighted by molar-refractivity contribution is 0.0490. The van der Waals surface area contributed by atoms with E-state index in [1.807, 2.05) is 6.92 Å². The molecule has 5 nitrogen and oxygen atoms in total.